The van der Waals surface area contributed by atoms with E-state index in [1.54, 1.807) is 19.2 Å². The maximum atomic E-state index is 13.3. The molecule has 3 rings (SSSR count). The lowest BCUT2D eigenvalue weighted by Crippen LogP contribution is -2.24. The lowest BCUT2D eigenvalue weighted by atomic mass is 9.93. The van der Waals surface area contributed by atoms with Gasteiger partial charge in [0.2, 0.25) is 0 Å². The van der Waals surface area contributed by atoms with E-state index in [1.807, 2.05) is 12.1 Å². The van der Waals surface area contributed by atoms with E-state index in [0.29, 0.717) is 28.5 Å². The van der Waals surface area contributed by atoms with E-state index in [1.165, 1.54) is 12.1 Å². The third kappa shape index (κ3) is 2.69. The van der Waals surface area contributed by atoms with Crippen LogP contribution in [-0.2, 0) is 0 Å². The Hall–Kier alpha value is -1.78. The lowest BCUT2D eigenvalue weighted by Gasteiger charge is -2.30. The van der Waals surface area contributed by atoms with Crippen LogP contribution in [0, 0.1) is 5.82 Å². The largest absolute Gasteiger partial charge is 0.495 e. The maximum Gasteiger partial charge on any atom is 0.137 e. The summed E-state index contributed by atoms with van der Waals surface area (Å²) in [6.45, 7) is 0. The molecule has 2 atom stereocenters. The molecule has 110 valence electrons. The van der Waals surface area contributed by atoms with Crippen LogP contribution in [0.5, 0.6) is 11.5 Å². The molecule has 0 radical (unpaired) electrons. The molecule has 2 aromatic carbocycles. The molecule has 1 heterocycles. The molecular weight excluding hydrogens is 293 g/mol. The summed E-state index contributed by atoms with van der Waals surface area (Å²) < 4.78 is 24.3. The first-order valence-electron chi connectivity index (χ1n) is 6.63. The van der Waals surface area contributed by atoms with E-state index in [4.69, 9.17) is 26.8 Å². The molecule has 5 heteroatoms. The minimum absolute atomic E-state index is 0.207. The smallest absolute Gasteiger partial charge is 0.137 e. The molecule has 0 aromatic heterocycles. The molecule has 2 N–H and O–H groups in total. The summed E-state index contributed by atoms with van der Waals surface area (Å²) in [5.41, 5.74) is 7.76. The van der Waals surface area contributed by atoms with Crippen molar-refractivity contribution in [2.24, 2.45) is 5.73 Å². The number of methoxy groups -OCH3 is 1. The van der Waals surface area contributed by atoms with Crippen molar-refractivity contribution in [3.8, 4) is 11.5 Å². The van der Waals surface area contributed by atoms with E-state index >= 15 is 0 Å². The Labute approximate surface area is 127 Å². The fourth-order valence-corrected chi connectivity index (χ4v) is 2.83. The monoisotopic (exact) mass is 307 g/mol. The van der Waals surface area contributed by atoms with Crippen LogP contribution in [0.15, 0.2) is 36.4 Å². The predicted molar refractivity (Wildman–Crippen MR) is 79.3 cm³/mol. The number of ether oxygens (including phenoxy) is 2. The lowest BCUT2D eigenvalue weighted by molar-refractivity contribution is 0.161. The van der Waals surface area contributed by atoms with E-state index < -0.39 is 0 Å². The molecule has 1 aliphatic heterocycles. The number of hydrogen-bond donors (Lipinski definition) is 1. The highest BCUT2D eigenvalue weighted by atomic mass is 35.5. The first-order chi connectivity index (χ1) is 10.1. The van der Waals surface area contributed by atoms with Gasteiger partial charge in [0, 0.05) is 18.0 Å². The highest BCUT2D eigenvalue weighted by Gasteiger charge is 2.27. The van der Waals surface area contributed by atoms with Crippen LogP contribution < -0.4 is 15.2 Å². The van der Waals surface area contributed by atoms with Crippen LogP contribution in [0.25, 0.3) is 0 Å². The van der Waals surface area contributed by atoms with E-state index in [-0.39, 0.29) is 18.0 Å². The Morgan fingerprint density at radius 3 is 2.81 bits per heavy atom. The zero-order chi connectivity index (χ0) is 15.0. The van der Waals surface area contributed by atoms with Gasteiger partial charge in [0.1, 0.15) is 23.4 Å². The second kappa shape index (κ2) is 5.54. The second-order valence-corrected chi connectivity index (χ2v) is 5.43. The molecule has 0 saturated heterocycles. The van der Waals surface area contributed by atoms with Gasteiger partial charge in [-0.3, -0.25) is 0 Å². The third-order valence-corrected chi connectivity index (χ3v) is 3.95. The summed E-state index contributed by atoms with van der Waals surface area (Å²) >= 11 is 6.14. The van der Waals surface area contributed by atoms with Gasteiger partial charge >= 0.3 is 0 Å². The van der Waals surface area contributed by atoms with E-state index in [0.717, 1.165) is 5.56 Å². The van der Waals surface area contributed by atoms with Gasteiger partial charge in [-0.05, 0) is 35.9 Å². The summed E-state index contributed by atoms with van der Waals surface area (Å²) in [7, 11) is 1.57. The van der Waals surface area contributed by atoms with Crippen LogP contribution in [0.1, 0.15) is 29.7 Å². The standard InChI is InChI=1S/C16H15ClFNO2/c1-20-15-4-2-9(6-12(15)17)16-8-13(19)11-7-10(18)3-5-14(11)21-16/h2-7,13,16H,8,19H2,1H3. The van der Waals surface area contributed by atoms with Gasteiger partial charge in [0.25, 0.3) is 0 Å². The van der Waals surface area contributed by atoms with Crippen LogP contribution in [0.4, 0.5) is 4.39 Å². The molecule has 2 unspecified atom stereocenters. The van der Waals surface area contributed by atoms with Gasteiger partial charge in [-0.1, -0.05) is 17.7 Å². The Kier molecular flexibility index (Phi) is 3.74. The van der Waals surface area contributed by atoms with E-state index in [2.05, 4.69) is 0 Å². The van der Waals surface area contributed by atoms with Gasteiger partial charge in [0.05, 0.1) is 12.1 Å². The zero-order valence-electron chi connectivity index (χ0n) is 11.5. The summed E-state index contributed by atoms with van der Waals surface area (Å²) in [6.07, 6.45) is 0.361. The fraction of sp³-hybridized carbons (Fsp3) is 0.250. The molecule has 0 spiro atoms. The number of rotatable bonds is 2. The summed E-state index contributed by atoms with van der Waals surface area (Å²) in [6, 6.07) is 9.65. The molecule has 0 amide bonds. The Balaban J connectivity index is 1.92. The average Bonchev–Trinajstić information content (AvgIpc) is 2.47. The Morgan fingerprint density at radius 1 is 1.29 bits per heavy atom. The second-order valence-electron chi connectivity index (χ2n) is 5.02. The minimum Gasteiger partial charge on any atom is -0.495 e. The maximum absolute atomic E-state index is 13.3. The summed E-state index contributed by atoms with van der Waals surface area (Å²) in [5, 5.41) is 0.525. The topological polar surface area (TPSA) is 44.5 Å². The van der Waals surface area contributed by atoms with Crippen molar-refractivity contribution < 1.29 is 13.9 Å². The molecule has 2 aromatic rings. The molecule has 21 heavy (non-hydrogen) atoms. The van der Waals surface area contributed by atoms with Crippen molar-refractivity contribution in [1.82, 2.24) is 0 Å². The van der Waals surface area contributed by atoms with Crippen molar-refractivity contribution in [3.63, 3.8) is 0 Å². The van der Waals surface area contributed by atoms with Gasteiger partial charge in [-0.2, -0.15) is 0 Å². The number of fused-ring (bicyclic) bond motifs is 1. The number of hydrogen-bond acceptors (Lipinski definition) is 3. The van der Waals surface area contributed by atoms with Crippen LogP contribution in [0.3, 0.4) is 0 Å². The molecular formula is C16H15ClFNO2. The van der Waals surface area contributed by atoms with Gasteiger partial charge < -0.3 is 15.2 Å². The van der Waals surface area contributed by atoms with Gasteiger partial charge in [0.15, 0.2) is 0 Å². The van der Waals surface area contributed by atoms with Gasteiger partial charge in [-0.15, -0.1) is 0 Å². The van der Waals surface area contributed by atoms with E-state index in [9.17, 15) is 4.39 Å². The number of halogens is 2. The normalized spacial score (nSPS) is 20.6. The van der Waals surface area contributed by atoms with Crippen molar-refractivity contribution in [3.05, 3.63) is 58.4 Å². The summed E-state index contributed by atoms with van der Waals surface area (Å²) in [4.78, 5) is 0. The van der Waals surface area contributed by atoms with Crippen LogP contribution in [0.2, 0.25) is 5.02 Å². The first-order valence-corrected chi connectivity index (χ1v) is 7.01. The average molecular weight is 308 g/mol. The van der Waals surface area contributed by atoms with Crippen molar-refractivity contribution >= 4 is 11.6 Å². The number of benzene rings is 2. The SMILES string of the molecule is COc1ccc(C2CC(N)c3cc(F)ccc3O2)cc1Cl. The van der Waals surface area contributed by atoms with Gasteiger partial charge in [-0.25, -0.2) is 4.39 Å². The fourth-order valence-electron chi connectivity index (χ4n) is 2.56. The highest BCUT2D eigenvalue weighted by Crippen LogP contribution is 2.41. The molecule has 0 fully saturated rings. The molecule has 0 aliphatic carbocycles. The first kappa shape index (κ1) is 14.2. The minimum atomic E-state index is -0.307. The summed E-state index contributed by atoms with van der Waals surface area (Å²) in [5.74, 6) is 0.925. The van der Waals surface area contributed by atoms with Crippen molar-refractivity contribution in [1.29, 1.82) is 0 Å². The number of nitrogens with two attached hydrogens (primary N) is 1. The highest BCUT2D eigenvalue weighted by molar-refractivity contribution is 6.32. The molecule has 0 bridgehead atoms. The van der Waals surface area contributed by atoms with Crippen molar-refractivity contribution in [2.75, 3.05) is 7.11 Å². The predicted octanol–water partition coefficient (Wildman–Crippen LogP) is 4.01. The van der Waals surface area contributed by atoms with Crippen LogP contribution in [-0.4, -0.2) is 7.11 Å². The molecule has 0 saturated carbocycles. The Morgan fingerprint density at radius 2 is 2.10 bits per heavy atom. The third-order valence-electron chi connectivity index (χ3n) is 3.66. The Bertz CT molecular complexity index is 677. The van der Waals surface area contributed by atoms with Crippen LogP contribution >= 0.6 is 11.6 Å². The molecule has 1 aliphatic rings. The van der Waals surface area contributed by atoms with Crippen molar-refractivity contribution in [2.45, 2.75) is 18.6 Å². The quantitative estimate of drug-likeness (QED) is 0.911. The molecule has 3 nitrogen and oxygen atoms in total. The zero-order valence-corrected chi connectivity index (χ0v) is 12.2.